The first kappa shape index (κ1) is 19.6. The van der Waals surface area contributed by atoms with Crippen LogP contribution in [0.4, 0.5) is 10.5 Å². The van der Waals surface area contributed by atoms with E-state index in [9.17, 15) is 13.2 Å². The third-order valence-corrected chi connectivity index (χ3v) is 7.47. The molecule has 5 rings (SSSR count). The number of hydrogen-bond donors (Lipinski definition) is 2. The molecule has 2 heterocycles. The van der Waals surface area contributed by atoms with E-state index in [0.717, 1.165) is 74.8 Å². The zero-order chi connectivity index (χ0) is 20.7. The van der Waals surface area contributed by atoms with E-state index < -0.39 is 16.1 Å². The molecule has 0 saturated carbocycles. The molecule has 1 aromatic carbocycles. The topological polar surface area (TPSA) is 102 Å². The van der Waals surface area contributed by atoms with Gasteiger partial charge in [-0.25, -0.2) is 9.52 Å². The monoisotopic (exact) mass is 430 g/mol. The van der Waals surface area contributed by atoms with Gasteiger partial charge < -0.3 is 10.1 Å². The van der Waals surface area contributed by atoms with Gasteiger partial charge in [0, 0.05) is 18.5 Å². The maximum absolute atomic E-state index is 12.7. The standard InChI is InChI=1S/C21H26N4O4S/c26-21(22-20-17-7-1-4-14(17)12-15-5-2-8-18(15)20)24-30(27,28)19-9-10-25(23-19)13-16-6-3-11-29-16/h9-10,12,16H,1-8,11,13H2,(H2,22,24,26). The fourth-order valence-electron chi connectivity index (χ4n) is 4.87. The minimum Gasteiger partial charge on any atom is -0.376 e. The molecule has 1 aliphatic heterocycles. The highest BCUT2D eigenvalue weighted by atomic mass is 32.2. The van der Waals surface area contributed by atoms with Crippen molar-refractivity contribution in [1.29, 1.82) is 0 Å². The van der Waals surface area contributed by atoms with Crippen LogP contribution in [-0.4, -0.2) is 36.9 Å². The van der Waals surface area contributed by atoms with Crippen LogP contribution < -0.4 is 10.0 Å². The molecule has 2 aliphatic carbocycles. The van der Waals surface area contributed by atoms with E-state index in [-0.39, 0.29) is 11.1 Å². The van der Waals surface area contributed by atoms with Gasteiger partial charge in [0.2, 0.25) is 0 Å². The van der Waals surface area contributed by atoms with Crippen LogP contribution >= 0.6 is 0 Å². The third-order valence-electron chi connectivity index (χ3n) is 6.24. The fourth-order valence-corrected chi connectivity index (χ4v) is 5.72. The Bertz CT molecular complexity index is 1050. The van der Waals surface area contributed by atoms with Gasteiger partial charge in [0.25, 0.3) is 10.0 Å². The van der Waals surface area contributed by atoms with Crippen molar-refractivity contribution >= 4 is 21.7 Å². The first-order valence-corrected chi connectivity index (χ1v) is 12.1. The van der Waals surface area contributed by atoms with Crippen molar-refractivity contribution in [2.24, 2.45) is 0 Å². The number of ether oxygens (including phenoxy) is 1. The highest BCUT2D eigenvalue weighted by molar-refractivity contribution is 7.90. The summed E-state index contributed by atoms with van der Waals surface area (Å²) in [5.74, 6) is 0. The molecule has 2 N–H and O–H groups in total. The lowest BCUT2D eigenvalue weighted by molar-refractivity contribution is 0.0937. The van der Waals surface area contributed by atoms with E-state index in [0.29, 0.717) is 6.54 Å². The molecule has 9 heteroatoms. The maximum Gasteiger partial charge on any atom is 0.333 e. The lowest BCUT2D eigenvalue weighted by Crippen LogP contribution is -2.35. The SMILES string of the molecule is O=C(Nc1c2c(cc3c1CCC3)CCC2)NS(=O)(=O)c1ccn(CC2CCCO2)n1. The van der Waals surface area contributed by atoms with E-state index in [4.69, 9.17) is 4.74 Å². The first-order chi connectivity index (χ1) is 14.5. The lowest BCUT2D eigenvalue weighted by Gasteiger charge is -2.16. The van der Waals surface area contributed by atoms with Gasteiger partial charge >= 0.3 is 6.03 Å². The number of sulfonamides is 1. The van der Waals surface area contributed by atoms with Crippen molar-refractivity contribution in [1.82, 2.24) is 14.5 Å². The van der Waals surface area contributed by atoms with Crippen molar-refractivity contribution in [2.45, 2.75) is 69.0 Å². The number of carbonyl (C=O) groups is 1. The molecule has 1 aromatic heterocycles. The summed E-state index contributed by atoms with van der Waals surface area (Å²) < 4.78 is 34.6. The minimum absolute atomic E-state index is 0.0546. The largest absolute Gasteiger partial charge is 0.376 e. The molecule has 0 bridgehead atoms. The Morgan fingerprint density at radius 2 is 1.87 bits per heavy atom. The number of rotatable bonds is 5. The smallest absolute Gasteiger partial charge is 0.333 e. The average Bonchev–Trinajstić information content (AvgIpc) is 3.49. The second-order valence-electron chi connectivity index (χ2n) is 8.30. The summed E-state index contributed by atoms with van der Waals surface area (Å²) in [5, 5.41) is 6.81. The molecular weight excluding hydrogens is 404 g/mol. The number of aromatic nitrogens is 2. The molecule has 0 radical (unpaired) electrons. The van der Waals surface area contributed by atoms with Crippen molar-refractivity contribution in [2.75, 3.05) is 11.9 Å². The predicted molar refractivity (Wildman–Crippen MR) is 111 cm³/mol. The Morgan fingerprint density at radius 3 is 2.53 bits per heavy atom. The van der Waals surface area contributed by atoms with Crippen LogP contribution in [0.3, 0.4) is 0 Å². The van der Waals surface area contributed by atoms with Crippen LogP contribution in [0.5, 0.6) is 0 Å². The second-order valence-corrected chi connectivity index (χ2v) is 9.93. The predicted octanol–water partition coefficient (Wildman–Crippen LogP) is 2.55. The van der Waals surface area contributed by atoms with Gasteiger partial charge in [-0.05, 0) is 79.7 Å². The number of anilines is 1. The molecule has 1 unspecified atom stereocenters. The van der Waals surface area contributed by atoms with Gasteiger partial charge in [0.1, 0.15) is 0 Å². The van der Waals surface area contributed by atoms with Crippen molar-refractivity contribution in [3.05, 3.63) is 40.6 Å². The molecular formula is C21H26N4O4S. The van der Waals surface area contributed by atoms with Crippen LogP contribution in [0.1, 0.15) is 47.9 Å². The normalized spacial score (nSPS) is 20.2. The van der Waals surface area contributed by atoms with Crippen LogP contribution in [0.15, 0.2) is 23.4 Å². The summed E-state index contributed by atoms with van der Waals surface area (Å²) in [6, 6.07) is 2.94. The number of nitrogens with one attached hydrogen (secondary N) is 2. The Hall–Kier alpha value is -2.39. The Kier molecular flexibility index (Phi) is 5.02. The third kappa shape index (κ3) is 3.72. The van der Waals surface area contributed by atoms with Crippen LogP contribution in [-0.2, 0) is 47.0 Å². The van der Waals surface area contributed by atoms with Gasteiger partial charge in [-0.1, -0.05) is 6.07 Å². The molecule has 1 saturated heterocycles. The Morgan fingerprint density at radius 1 is 1.13 bits per heavy atom. The number of aryl methyl sites for hydroxylation is 2. The van der Waals surface area contributed by atoms with Crippen LogP contribution in [0.25, 0.3) is 0 Å². The second kappa shape index (κ2) is 7.70. The average molecular weight is 431 g/mol. The van der Waals surface area contributed by atoms with Gasteiger partial charge in [0.05, 0.1) is 12.6 Å². The summed E-state index contributed by atoms with van der Waals surface area (Å²) in [6.07, 6.45) is 9.59. The number of hydrogen-bond acceptors (Lipinski definition) is 5. The zero-order valence-corrected chi connectivity index (χ0v) is 17.6. The summed E-state index contributed by atoms with van der Waals surface area (Å²) in [6.45, 7) is 1.23. The van der Waals surface area contributed by atoms with Crippen molar-refractivity contribution in [3.63, 3.8) is 0 Å². The van der Waals surface area contributed by atoms with E-state index in [2.05, 4.69) is 21.2 Å². The first-order valence-electron chi connectivity index (χ1n) is 10.6. The van der Waals surface area contributed by atoms with Crippen LogP contribution in [0.2, 0.25) is 0 Å². The minimum atomic E-state index is -4.06. The summed E-state index contributed by atoms with van der Waals surface area (Å²) in [7, 11) is -4.06. The van der Waals surface area contributed by atoms with Crippen molar-refractivity contribution in [3.8, 4) is 0 Å². The molecule has 3 aliphatic rings. The summed E-state index contributed by atoms with van der Waals surface area (Å²) in [5.41, 5.74) is 5.69. The Labute approximate surface area is 176 Å². The number of nitrogens with zero attached hydrogens (tertiary/aromatic N) is 2. The van der Waals surface area contributed by atoms with Crippen LogP contribution in [0, 0.1) is 0 Å². The fraction of sp³-hybridized carbons (Fsp3) is 0.524. The molecule has 8 nitrogen and oxygen atoms in total. The highest BCUT2D eigenvalue weighted by Gasteiger charge is 2.27. The molecule has 2 aromatic rings. The molecule has 0 spiro atoms. The number of benzene rings is 1. The number of fused-ring (bicyclic) bond motifs is 2. The van der Waals surface area contributed by atoms with Gasteiger partial charge in [-0.15, -0.1) is 0 Å². The Balaban J connectivity index is 1.31. The van der Waals surface area contributed by atoms with E-state index in [1.165, 1.54) is 17.2 Å². The number of amides is 2. The molecule has 30 heavy (non-hydrogen) atoms. The van der Waals surface area contributed by atoms with Gasteiger partial charge in [-0.3, -0.25) is 4.68 Å². The molecule has 160 valence electrons. The summed E-state index contributed by atoms with van der Waals surface area (Å²) in [4.78, 5) is 12.6. The van der Waals surface area contributed by atoms with E-state index in [1.807, 2.05) is 0 Å². The van der Waals surface area contributed by atoms with Gasteiger partial charge in [-0.2, -0.15) is 13.5 Å². The van der Waals surface area contributed by atoms with E-state index in [1.54, 1.807) is 10.9 Å². The van der Waals surface area contributed by atoms with Crippen molar-refractivity contribution < 1.29 is 17.9 Å². The number of urea groups is 1. The lowest BCUT2D eigenvalue weighted by atomic mass is 9.99. The zero-order valence-electron chi connectivity index (χ0n) is 16.8. The van der Waals surface area contributed by atoms with E-state index >= 15 is 0 Å². The maximum atomic E-state index is 12.7. The highest BCUT2D eigenvalue weighted by Crippen LogP contribution is 2.38. The number of carbonyl (C=O) groups excluding carboxylic acids is 1. The van der Waals surface area contributed by atoms with Gasteiger partial charge in [0.15, 0.2) is 5.03 Å². The molecule has 1 atom stereocenters. The molecule has 1 fully saturated rings. The quantitative estimate of drug-likeness (QED) is 0.759. The summed E-state index contributed by atoms with van der Waals surface area (Å²) >= 11 is 0. The molecule has 2 amide bonds.